The molecule has 2 aliphatic rings. The van der Waals surface area contributed by atoms with E-state index in [4.69, 9.17) is 4.74 Å². The average Bonchev–Trinajstić information content (AvgIpc) is 3.15. The SMILES string of the molecule is COc1ccc(NC(=O)N2C[C@@H](F)C[C@H]2C(=O)N2CCc3ccccc3C2)cc1. The number of carbonyl (C=O) groups is 2. The Bertz CT molecular complexity index is 902. The molecule has 4 rings (SSSR count). The van der Waals surface area contributed by atoms with E-state index in [0.29, 0.717) is 24.5 Å². The molecule has 0 saturated carbocycles. The molecule has 1 N–H and O–H groups in total. The smallest absolute Gasteiger partial charge is 0.322 e. The number of hydrogen-bond donors (Lipinski definition) is 1. The first kappa shape index (κ1) is 19.2. The van der Waals surface area contributed by atoms with Crippen LogP contribution in [0.25, 0.3) is 0 Å². The van der Waals surface area contributed by atoms with Crippen LogP contribution in [-0.4, -0.2) is 54.2 Å². The Morgan fingerprint density at radius 2 is 1.83 bits per heavy atom. The molecule has 2 aromatic rings. The van der Waals surface area contributed by atoms with Gasteiger partial charge in [-0.15, -0.1) is 0 Å². The van der Waals surface area contributed by atoms with Gasteiger partial charge in [0.15, 0.2) is 0 Å². The lowest BCUT2D eigenvalue weighted by Crippen LogP contribution is -2.50. The molecular weight excluding hydrogens is 373 g/mol. The van der Waals surface area contributed by atoms with Crippen molar-refractivity contribution < 1.29 is 18.7 Å². The Morgan fingerprint density at radius 1 is 1.10 bits per heavy atom. The van der Waals surface area contributed by atoms with Gasteiger partial charge < -0.3 is 19.9 Å². The molecule has 0 aromatic heterocycles. The molecule has 29 heavy (non-hydrogen) atoms. The molecule has 6 nitrogen and oxygen atoms in total. The number of amides is 3. The number of rotatable bonds is 3. The third-order valence-electron chi connectivity index (χ3n) is 5.58. The number of methoxy groups -OCH3 is 1. The fourth-order valence-corrected chi connectivity index (χ4v) is 4.01. The minimum atomic E-state index is -1.21. The number of nitrogens with zero attached hydrogens (tertiary/aromatic N) is 2. The second-order valence-corrected chi connectivity index (χ2v) is 7.44. The third kappa shape index (κ3) is 4.04. The van der Waals surface area contributed by atoms with E-state index < -0.39 is 18.2 Å². The largest absolute Gasteiger partial charge is 0.497 e. The highest BCUT2D eigenvalue weighted by Crippen LogP contribution is 2.26. The first-order valence-corrected chi connectivity index (χ1v) is 9.76. The van der Waals surface area contributed by atoms with Gasteiger partial charge in [-0.1, -0.05) is 24.3 Å². The molecule has 0 bridgehead atoms. The quantitative estimate of drug-likeness (QED) is 0.865. The summed E-state index contributed by atoms with van der Waals surface area (Å²) in [7, 11) is 1.56. The molecule has 2 heterocycles. The molecule has 0 aliphatic carbocycles. The molecule has 2 atom stereocenters. The standard InChI is InChI=1S/C22H24FN3O3/c1-29-19-8-6-18(7-9-19)24-22(28)26-14-17(23)12-20(26)21(27)25-11-10-15-4-2-3-5-16(15)13-25/h2-9,17,20H,10-14H2,1H3,(H,24,28)/t17-,20-/m0/s1. The average molecular weight is 397 g/mol. The number of anilines is 1. The normalized spacial score (nSPS) is 20.9. The number of nitrogens with one attached hydrogen (secondary N) is 1. The second-order valence-electron chi connectivity index (χ2n) is 7.44. The maximum absolute atomic E-state index is 14.2. The number of alkyl halides is 1. The summed E-state index contributed by atoms with van der Waals surface area (Å²) in [6, 6.07) is 13.6. The molecule has 0 unspecified atom stereocenters. The lowest BCUT2D eigenvalue weighted by Gasteiger charge is -2.33. The summed E-state index contributed by atoms with van der Waals surface area (Å²) < 4.78 is 19.3. The molecule has 0 spiro atoms. The zero-order valence-electron chi connectivity index (χ0n) is 16.3. The van der Waals surface area contributed by atoms with Crippen LogP contribution in [0.4, 0.5) is 14.9 Å². The van der Waals surface area contributed by atoms with Crippen LogP contribution in [0.15, 0.2) is 48.5 Å². The van der Waals surface area contributed by atoms with Crippen LogP contribution in [0.2, 0.25) is 0 Å². The maximum Gasteiger partial charge on any atom is 0.322 e. The molecule has 152 valence electrons. The van der Waals surface area contributed by atoms with Gasteiger partial charge in [0.1, 0.15) is 18.0 Å². The highest BCUT2D eigenvalue weighted by atomic mass is 19.1. The van der Waals surface area contributed by atoms with Crippen molar-refractivity contribution in [3.05, 3.63) is 59.7 Å². The van der Waals surface area contributed by atoms with E-state index in [2.05, 4.69) is 11.4 Å². The Hall–Kier alpha value is -3.09. The predicted molar refractivity (Wildman–Crippen MR) is 108 cm³/mol. The second kappa shape index (κ2) is 8.11. The van der Waals surface area contributed by atoms with E-state index in [1.54, 1.807) is 36.3 Å². The number of halogens is 1. The van der Waals surface area contributed by atoms with Gasteiger partial charge in [0.2, 0.25) is 5.91 Å². The Morgan fingerprint density at radius 3 is 2.55 bits per heavy atom. The number of urea groups is 1. The molecule has 1 fully saturated rings. The van der Waals surface area contributed by atoms with Crippen LogP contribution in [0.3, 0.4) is 0 Å². The van der Waals surface area contributed by atoms with Crippen molar-refractivity contribution in [3.8, 4) is 5.75 Å². The van der Waals surface area contributed by atoms with E-state index in [-0.39, 0.29) is 18.9 Å². The minimum absolute atomic E-state index is 0.0347. The van der Waals surface area contributed by atoms with E-state index in [9.17, 15) is 14.0 Å². The van der Waals surface area contributed by atoms with Crippen LogP contribution in [0, 0.1) is 0 Å². The van der Waals surface area contributed by atoms with E-state index in [1.165, 1.54) is 10.5 Å². The van der Waals surface area contributed by atoms with Crippen molar-refractivity contribution in [1.82, 2.24) is 9.80 Å². The van der Waals surface area contributed by atoms with Crippen molar-refractivity contribution in [1.29, 1.82) is 0 Å². The van der Waals surface area contributed by atoms with Gasteiger partial charge in [0.25, 0.3) is 0 Å². The van der Waals surface area contributed by atoms with E-state index >= 15 is 0 Å². The lowest BCUT2D eigenvalue weighted by molar-refractivity contribution is -0.136. The van der Waals surface area contributed by atoms with Crippen molar-refractivity contribution in [2.45, 2.75) is 31.6 Å². The fraction of sp³-hybridized carbons (Fsp3) is 0.364. The highest BCUT2D eigenvalue weighted by molar-refractivity contribution is 5.94. The van der Waals surface area contributed by atoms with Gasteiger partial charge in [-0.3, -0.25) is 4.79 Å². The summed E-state index contributed by atoms with van der Waals surface area (Å²) >= 11 is 0. The van der Waals surface area contributed by atoms with Crippen LogP contribution in [-0.2, 0) is 17.8 Å². The summed E-state index contributed by atoms with van der Waals surface area (Å²) in [6.45, 7) is 0.996. The third-order valence-corrected chi connectivity index (χ3v) is 5.58. The Kier molecular flexibility index (Phi) is 5.38. The molecule has 2 aliphatic heterocycles. The van der Waals surface area contributed by atoms with Crippen molar-refractivity contribution in [2.24, 2.45) is 0 Å². The van der Waals surface area contributed by atoms with Crippen LogP contribution < -0.4 is 10.1 Å². The fourth-order valence-electron chi connectivity index (χ4n) is 4.01. The number of carbonyl (C=O) groups excluding carboxylic acids is 2. The summed E-state index contributed by atoms with van der Waals surface area (Å²) in [5.74, 6) is 0.482. The molecule has 0 radical (unpaired) electrons. The van der Waals surface area contributed by atoms with Crippen molar-refractivity contribution >= 4 is 17.6 Å². The van der Waals surface area contributed by atoms with Gasteiger partial charge in [-0.05, 0) is 41.8 Å². The zero-order valence-corrected chi connectivity index (χ0v) is 16.3. The Labute approximate surface area is 169 Å². The first-order valence-electron chi connectivity index (χ1n) is 9.76. The van der Waals surface area contributed by atoms with Gasteiger partial charge in [-0.2, -0.15) is 0 Å². The summed E-state index contributed by atoms with van der Waals surface area (Å²) in [5.41, 5.74) is 2.91. The number of likely N-dealkylation sites (tertiary alicyclic amines) is 1. The van der Waals surface area contributed by atoms with Crippen LogP contribution >= 0.6 is 0 Å². The van der Waals surface area contributed by atoms with Gasteiger partial charge in [0, 0.05) is 25.2 Å². The first-order chi connectivity index (χ1) is 14.0. The van der Waals surface area contributed by atoms with Crippen LogP contribution in [0.1, 0.15) is 17.5 Å². The number of benzene rings is 2. The predicted octanol–water partition coefficient (Wildman–Crippen LogP) is 3.22. The monoisotopic (exact) mass is 397 g/mol. The molecular formula is C22H24FN3O3. The zero-order chi connectivity index (χ0) is 20.4. The minimum Gasteiger partial charge on any atom is -0.497 e. The van der Waals surface area contributed by atoms with Gasteiger partial charge in [-0.25, -0.2) is 9.18 Å². The van der Waals surface area contributed by atoms with Crippen molar-refractivity contribution in [3.63, 3.8) is 0 Å². The maximum atomic E-state index is 14.2. The molecule has 7 heteroatoms. The Balaban J connectivity index is 1.45. The van der Waals surface area contributed by atoms with Gasteiger partial charge >= 0.3 is 6.03 Å². The van der Waals surface area contributed by atoms with Gasteiger partial charge in [0.05, 0.1) is 13.7 Å². The number of ether oxygens (including phenoxy) is 1. The lowest BCUT2D eigenvalue weighted by atomic mass is 9.99. The summed E-state index contributed by atoms with van der Waals surface area (Å²) in [5, 5.41) is 2.75. The summed E-state index contributed by atoms with van der Waals surface area (Å²) in [6.07, 6.45) is -0.402. The molecule has 1 saturated heterocycles. The number of hydrogen-bond acceptors (Lipinski definition) is 3. The summed E-state index contributed by atoms with van der Waals surface area (Å²) in [4.78, 5) is 28.9. The number of fused-ring (bicyclic) bond motifs is 1. The van der Waals surface area contributed by atoms with Crippen LogP contribution in [0.5, 0.6) is 5.75 Å². The van der Waals surface area contributed by atoms with Crippen molar-refractivity contribution in [2.75, 3.05) is 25.5 Å². The topological polar surface area (TPSA) is 61.9 Å². The molecule has 2 aromatic carbocycles. The van der Waals surface area contributed by atoms with E-state index in [1.807, 2.05) is 18.2 Å². The highest BCUT2D eigenvalue weighted by Gasteiger charge is 2.42. The van der Waals surface area contributed by atoms with E-state index in [0.717, 1.165) is 12.0 Å². The molecule has 3 amide bonds.